The molecule has 4 heteroatoms. The number of rotatable bonds is 3. The summed E-state index contributed by atoms with van der Waals surface area (Å²) in [6.45, 7) is 7.26. The van der Waals surface area contributed by atoms with E-state index in [0.717, 1.165) is 29.0 Å². The highest BCUT2D eigenvalue weighted by atomic mass is 127. The molecule has 0 aromatic heterocycles. The Kier molecular flexibility index (Phi) is 4.90. The van der Waals surface area contributed by atoms with E-state index in [4.69, 9.17) is 14.5 Å². The van der Waals surface area contributed by atoms with Crippen LogP contribution in [0.2, 0.25) is 0 Å². The van der Waals surface area contributed by atoms with Crippen molar-refractivity contribution in [3.8, 4) is 5.75 Å². The number of methoxy groups -OCH3 is 1. The minimum Gasteiger partial charge on any atom is -0.497 e. The molecule has 0 bridgehead atoms. The molecule has 23 heavy (non-hydrogen) atoms. The number of ether oxygens (including phenoxy) is 2. The fourth-order valence-corrected chi connectivity index (χ4v) is 3.34. The monoisotopic (exact) mass is 422 g/mol. The maximum atomic E-state index is 5.94. The Morgan fingerprint density at radius 1 is 1.17 bits per heavy atom. The van der Waals surface area contributed by atoms with E-state index < -0.39 is 0 Å². The molecule has 1 aliphatic carbocycles. The Morgan fingerprint density at radius 2 is 1.87 bits per heavy atom. The largest absolute Gasteiger partial charge is 0.497 e. The first-order chi connectivity index (χ1) is 10.9. The average Bonchev–Trinajstić information content (AvgIpc) is 3.13. The van der Waals surface area contributed by atoms with Crippen molar-refractivity contribution in [3.63, 3.8) is 0 Å². The van der Waals surface area contributed by atoms with Gasteiger partial charge in [-0.05, 0) is 36.0 Å². The minimum absolute atomic E-state index is 0.111. The summed E-state index contributed by atoms with van der Waals surface area (Å²) in [7, 11) is 1.68. The summed E-state index contributed by atoms with van der Waals surface area (Å²) in [4.78, 5) is 4.85. The number of hydrogen-bond acceptors (Lipinski definition) is 3. The fraction of sp³-hybridized carbons (Fsp3) is 0.368. The van der Waals surface area contributed by atoms with Crippen LogP contribution in [0.3, 0.4) is 0 Å². The quantitative estimate of drug-likeness (QED) is 0.676. The lowest BCUT2D eigenvalue weighted by Crippen LogP contribution is -2.25. The van der Waals surface area contributed by atoms with Crippen LogP contribution < -0.4 is 4.74 Å². The Labute approximate surface area is 153 Å². The molecule has 0 spiro atoms. The van der Waals surface area contributed by atoms with Gasteiger partial charge in [-0.15, -0.1) is 0 Å². The van der Waals surface area contributed by atoms with E-state index >= 15 is 0 Å². The summed E-state index contributed by atoms with van der Waals surface area (Å²) in [6.07, 6.45) is 4.25. The third kappa shape index (κ3) is 3.52. The van der Waals surface area contributed by atoms with E-state index in [9.17, 15) is 0 Å². The molecule has 1 atom stereocenters. The van der Waals surface area contributed by atoms with Crippen molar-refractivity contribution in [2.45, 2.75) is 26.8 Å². The lowest BCUT2D eigenvalue weighted by Gasteiger charge is -2.22. The van der Waals surface area contributed by atoms with Crippen molar-refractivity contribution in [2.24, 2.45) is 10.4 Å². The number of hydrogen-bond donors (Lipinski definition) is 0. The van der Waals surface area contributed by atoms with Crippen LogP contribution in [-0.2, 0) is 4.74 Å². The zero-order valence-electron chi connectivity index (χ0n) is 13.9. The van der Waals surface area contributed by atoms with E-state index in [1.807, 2.05) is 12.1 Å². The van der Waals surface area contributed by atoms with Gasteiger partial charge in [0.1, 0.15) is 12.4 Å². The highest BCUT2D eigenvalue weighted by molar-refractivity contribution is 14.1. The molecular weight excluding hydrogens is 401 g/mol. The maximum Gasteiger partial charge on any atom is 0.193 e. The molecule has 1 aromatic rings. The first-order valence-electron chi connectivity index (χ1n) is 7.70. The molecule has 1 aromatic carbocycles. The van der Waals surface area contributed by atoms with E-state index in [-0.39, 0.29) is 11.5 Å². The lowest BCUT2D eigenvalue weighted by atomic mass is 9.87. The van der Waals surface area contributed by atoms with Crippen molar-refractivity contribution < 1.29 is 9.47 Å². The summed E-state index contributed by atoms with van der Waals surface area (Å²) < 4.78 is 12.4. The normalized spacial score (nSPS) is 23.9. The third-order valence-electron chi connectivity index (χ3n) is 4.17. The van der Waals surface area contributed by atoms with Crippen LogP contribution in [0.25, 0.3) is 0 Å². The molecule has 0 saturated heterocycles. The molecule has 1 heterocycles. The smallest absolute Gasteiger partial charge is 0.193 e. The van der Waals surface area contributed by atoms with Gasteiger partial charge < -0.3 is 9.47 Å². The van der Waals surface area contributed by atoms with Gasteiger partial charge in [0.15, 0.2) is 5.90 Å². The summed E-state index contributed by atoms with van der Waals surface area (Å²) in [5.41, 5.74) is 1.26. The predicted octanol–water partition coefficient (Wildman–Crippen LogP) is 4.42. The minimum atomic E-state index is 0.111. The number of aliphatic imine (C=N–C) groups is 1. The number of benzene rings is 1. The average molecular weight is 422 g/mol. The lowest BCUT2D eigenvalue weighted by molar-refractivity contribution is 0.234. The molecule has 1 saturated carbocycles. The predicted molar refractivity (Wildman–Crippen MR) is 101 cm³/mol. The van der Waals surface area contributed by atoms with Crippen LogP contribution >= 0.6 is 22.6 Å². The molecule has 0 amide bonds. The van der Waals surface area contributed by atoms with Gasteiger partial charge in [-0.25, -0.2) is 4.99 Å². The van der Waals surface area contributed by atoms with Crippen molar-refractivity contribution >= 4 is 28.5 Å². The van der Waals surface area contributed by atoms with Crippen LogP contribution in [0.1, 0.15) is 26.3 Å². The highest BCUT2D eigenvalue weighted by Gasteiger charge is 2.45. The SMILES string of the molecule is COc1ccc([C]2[CH][CH][C](I)[C]2C2=N[C@@H](C(C)(C)C)CO2)cc1. The Morgan fingerprint density at radius 3 is 2.43 bits per heavy atom. The number of nitrogens with zero attached hydrogens (tertiary/aromatic N) is 1. The summed E-state index contributed by atoms with van der Waals surface area (Å²) in [6, 6.07) is 8.31. The van der Waals surface area contributed by atoms with Gasteiger partial charge in [0.2, 0.25) is 0 Å². The van der Waals surface area contributed by atoms with Crippen molar-refractivity contribution in [2.75, 3.05) is 13.7 Å². The van der Waals surface area contributed by atoms with Crippen molar-refractivity contribution in [1.82, 2.24) is 0 Å². The first kappa shape index (κ1) is 17.1. The van der Waals surface area contributed by atoms with Crippen LogP contribution in [0.4, 0.5) is 0 Å². The second-order valence-corrected chi connectivity index (χ2v) is 7.99. The highest BCUT2D eigenvalue weighted by Crippen LogP contribution is 2.50. The van der Waals surface area contributed by atoms with E-state index in [1.54, 1.807) is 7.11 Å². The molecule has 2 aliphatic rings. The molecule has 1 fully saturated rings. The Hall–Kier alpha value is -0.780. The Balaban J connectivity index is 1.84. The van der Waals surface area contributed by atoms with Gasteiger partial charge in [0.25, 0.3) is 0 Å². The van der Waals surface area contributed by atoms with Crippen LogP contribution in [0.5, 0.6) is 5.75 Å². The maximum absolute atomic E-state index is 5.94. The molecular formula is C19H21INO2. The second-order valence-electron chi connectivity index (χ2n) is 6.83. The van der Waals surface area contributed by atoms with E-state index in [0.29, 0.717) is 6.61 Å². The van der Waals surface area contributed by atoms with Gasteiger partial charge in [-0.1, -0.05) is 55.5 Å². The topological polar surface area (TPSA) is 30.8 Å². The molecule has 0 unspecified atom stereocenters. The van der Waals surface area contributed by atoms with Crippen molar-refractivity contribution in [3.05, 3.63) is 58.4 Å². The van der Waals surface area contributed by atoms with Gasteiger partial charge in [0.05, 0.1) is 23.0 Å². The standard InChI is InChI=1S/C19H21INO2/c1-19(2,3)16-11-23-18(21-16)17-14(9-10-15(17)20)12-5-7-13(22-4)8-6-12/h5-10,16H,11H2,1-4H3/t16-/m1/s1. The van der Waals surface area contributed by atoms with E-state index in [1.165, 1.54) is 3.92 Å². The Bertz CT molecular complexity index is 576. The van der Waals surface area contributed by atoms with Gasteiger partial charge >= 0.3 is 0 Å². The van der Waals surface area contributed by atoms with Crippen molar-refractivity contribution in [1.29, 1.82) is 0 Å². The van der Waals surface area contributed by atoms with Crippen LogP contribution in [-0.4, -0.2) is 25.7 Å². The molecule has 3 rings (SSSR count). The zero-order valence-corrected chi connectivity index (χ0v) is 16.0. The van der Waals surface area contributed by atoms with Crippen LogP contribution in [0, 0.1) is 34.0 Å². The van der Waals surface area contributed by atoms with E-state index in [2.05, 4.69) is 68.3 Å². The molecule has 0 N–H and O–H groups in total. The molecule has 121 valence electrons. The third-order valence-corrected chi connectivity index (χ3v) is 5.07. The van der Waals surface area contributed by atoms with Gasteiger partial charge in [-0.3, -0.25) is 0 Å². The summed E-state index contributed by atoms with van der Waals surface area (Å²) in [5.74, 6) is 3.89. The molecule has 1 aliphatic heterocycles. The van der Waals surface area contributed by atoms with Gasteiger partial charge in [0, 0.05) is 5.92 Å². The van der Waals surface area contributed by atoms with Crippen LogP contribution in [0.15, 0.2) is 29.3 Å². The molecule has 5 radical (unpaired) electrons. The zero-order chi connectivity index (χ0) is 16.6. The second kappa shape index (κ2) is 6.61. The first-order valence-corrected chi connectivity index (χ1v) is 8.78. The fourth-order valence-electron chi connectivity index (χ4n) is 2.63. The van der Waals surface area contributed by atoms with Gasteiger partial charge in [-0.2, -0.15) is 0 Å². The number of halogens is 1. The molecule has 3 nitrogen and oxygen atoms in total. The summed E-state index contributed by atoms with van der Waals surface area (Å²) in [5, 5.41) is 0. The summed E-state index contributed by atoms with van der Waals surface area (Å²) >= 11 is 2.35.